The number of hydrogen-bond acceptors (Lipinski definition) is 5. The maximum atomic E-state index is 14.6. The van der Waals surface area contributed by atoms with E-state index in [1.807, 2.05) is 0 Å². The maximum Gasteiger partial charge on any atom is 0.264 e. The lowest BCUT2D eigenvalue weighted by Crippen LogP contribution is -2.52. The molecular weight excluding hydrogens is 545 g/mol. The lowest BCUT2D eigenvalue weighted by molar-refractivity contribution is -0.139. The average Bonchev–Trinajstić information content (AvgIpc) is 2.91. The van der Waals surface area contributed by atoms with Gasteiger partial charge in [-0.2, -0.15) is 0 Å². The van der Waals surface area contributed by atoms with Gasteiger partial charge in [0.1, 0.15) is 24.2 Å². The minimum Gasteiger partial charge on any atom is -0.497 e. The molecule has 0 saturated heterocycles. The van der Waals surface area contributed by atoms with Crippen molar-refractivity contribution >= 4 is 39.1 Å². The standard InChI is InChI=1S/C28H31ClFN3O5S/c1-19(2)31-28(35)20(3)32(17-21-7-5-6-8-26(21)30)27(34)18-33(23-11-9-22(29)10-12-23)39(36,37)25-15-13-24(38-4)14-16-25/h5-16,19-20H,17-18H2,1-4H3,(H,31,35). The van der Waals surface area contributed by atoms with E-state index in [-0.39, 0.29) is 28.7 Å². The van der Waals surface area contributed by atoms with Crippen molar-refractivity contribution in [2.24, 2.45) is 0 Å². The Hall–Kier alpha value is -3.63. The number of methoxy groups -OCH3 is 1. The molecule has 0 saturated carbocycles. The highest BCUT2D eigenvalue weighted by Gasteiger charge is 2.33. The zero-order valence-corrected chi connectivity index (χ0v) is 23.7. The highest BCUT2D eigenvalue weighted by molar-refractivity contribution is 7.92. The quantitative estimate of drug-likeness (QED) is 0.360. The molecule has 39 heavy (non-hydrogen) atoms. The molecule has 3 rings (SSSR count). The number of nitrogens with one attached hydrogen (secondary N) is 1. The van der Waals surface area contributed by atoms with Gasteiger partial charge in [0.05, 0.1) is 17.7 Å². The summed E-state index contributed by atoms with van der Waals surface area (Å²) in [4.78, 5) is 27.8. The van der Waals surface area contributed by atoms with Gasteiger partial charge in [-0.15, -0.1) is 0 Å². The molecule has 3 aromatic rings. The van der Waals surface area contributed by atoms with E-state index < -0.39 is 40.2 Å². The highest BCUT2D eigenvalue weighted by atomic mass is 35.5. The lowest BCUT2D eigenvalue weighted by Gasteiger charge is -2.32. The van der Waals surface area contributed by atoms with E-state index in [1.54, 1.807) is 19.9 Å². The van der Waals surface area contributed by atoms with E-state index in [4.69, 9.17) is 16.3 Å². The van der Waals surface area contributed by atoms with Crippen LogP contribution >= 0.6 is 11.6 Å². The lowest BCUT2D eigenvalue weighted by atomic mass is 10.1. The predicted octanol–water partition coefficient (Wildman–Crippen LogP) is 4.62. The van der Waals surface area contributed by atoms with Crippen molar-refractivity contribution in [2.75, 3.05) is 18.0 Å². The second-order valence-corrected chi connectivity index (χ2v) is 11.4. The van der Waals surface area contributed by atoms with Crippen LogP contribution in [-0.2, 0) is 26.2 Å². The number of carbonyl (C=O) groups excluding carboxylic acids is 2. The molecule has 2 amide bonds. The van der Waals surface area contributed by atoms with Crippen molar-refractivity contribution in [2.45, 2.75) is 44.3 Å². The molecule has 1 unspecified atom stereocenters. The van der Waals surface area contributed by atoms with Gasteiger partial charge in [-0.1, -0.05) is 29.8 Å². The van der Waals surface area contributed by atoms with Crippen LogP contribution in [0.15, 0.2) is 77.7 Å². The van der Waals surface area contributed by atoms with Crippen molar-refractivity contribution in [3.8, 4) is 5.75 Å². The molecule has 0 radical (unpaired) electrons. The summed E-state index contributed by atoms with van der Waals surface area (Å²) in [6, 6.07) is 16.4. The van der Waals surface area contributed by atoms with Crippen LogP contribution < -0.4 is 14.4 Å². The summed E-state index contributed by atoms with van der Waals surface area (Å²) in [6.07, 6.45) is 0. The first-order valence-electron chi connectivity index (χ1n) is 12.2. The van der Waals surface area contributed by atoms with Crippen molar-refractivity contribution in [1.29, 1.82) is 0 Å². The molecule has 8 nitrogen and oxygen atoms in total. The molecule has 0 fully saturated rings. The third kappa shape index (κ3) is 7.48. The second kappa shape index (κ2) is 12.9. The first-order valence-corrected chi connectivity index (χ1v) is 14.0. The summed E-state index contributed by atoms with van der Waals surface area (Å²) in [5.41, 5.74) is 0.375. The third-order valence-electron chi connectivity index (χ3n) is 5.94. The summed E-state index contributed by atoms with van der Waals surface area (Å²) in [5.74, 6) is -1.24. The Morgan fingerprint density at radius 3 is 2.15 bits per heavy atom. The zero-order valence-electron chi connectivity index (χ0n) is 22.1. The maximum absolute atomic E-state index is 14.6. The Morgan fingerprint density at radius 2 is 1.59 bits per heavy atom. The molecule has 3 aromatic carbocycles. The van der Waals surface area contributed by atoms with Gasteiger partial charge in [0.2, 0.25) is 11.8 Å². The van der Waals surface area contributed by atoms with Crippen molar-refractivity contribution in [3.63, 3.8) is 0 Å². The van der Waals surface area contributed by atoms with Crippen LogP contribution in [0.5, 0.6) is 5.75 Å². The summed E-state index contributed by atoms with van der Waals surface area (Å²) < 4.78 is 48.2. The van der Waals surface area contributed by atoms with Crippen LogP contribution in [0.2, 0.25) is 5.02 Å². The van der Waals surface area contributed by atoms with E-state index >= 15 is 0 Å². The van der Waals surface area contributed by atoms with E-state index in [0.717, 1.165) is 4.31 Å². The zero-order chi connectivity index (χ0) is 28.7. The number of hydrogen-bond donors (Lipinski definition) is 1. The predicted molar refractivity (Wildman–Crippen MR) is 149 cm³/mol. The molecule has 1 atom stereocenters. The highest BCUT2D eigenvalue weighted by Crippen LogP contribution is 2.27. The molecule has 0 aliphatic carbocycles. The molecule has 1 N–H and O–H groups in total. The number of carbonyl (C=O) groups is 2. The van der Waals surface area contributed by atoms with Crippen LogP contribution in [0.3, 0.4) is 0 Å². The molecule has 0 spiro atoms. The summed E-state index contributed by atoms with van der Waals surface area (Å²) in [5, 5.41) is 3.13. The number of rotatable bonds is 11. The van der Waals surface area contributed by atoms with Gasteiger partial charge in [0.15, 0.2) is 0 Å². The van der Waals surface area contributed by atoms with Crippen molar-refractivity contribution in [1.82, 2.24) is 10.2 Å². The summed E-state index contributed by atoms with van der Waals surface area (Å²) in [7, 11) is -2.79. The number of ether oxygens (including phenoxy) is 1. The van der Waals surface area contributed by atoms with Crippen molar-refractivity contribution in [3.05, 3.63) is 89.2 Å². The van der Waals surface area contributed by atoms with Crippen LogP contribution in [0.25, 0.3) is 0 Å². The van der Waals surface area contributed by atoms with Gasteiger partial charge in [-0.3, -0.25) is 13.9 Å². The topological polar surface area (TPSA) is 96.0 Å². The number of halogens is 2. The summed E-state index contributed by atoms with van der Waals surface area (Å²) in [6.45, 7) is 4.18. The van der Waals surface area contributed by atoms with E-state index in [9.17, 15) is 22.4 Å². The largest absolute Gasteiger partial charge is 0.497 e. The monoisotopic (exact) mass is 575 g/mol. The van der Waals surface area contributed by atoms with Gasteiger partial charge < -0.3 is 15.0 Å². The minimum atomic E-state index is -4.25. The Balaban J connectivity index is 2.04. The summed E-state index contributed by atoms with van der Waals surface area (Å²) >= 11 is 6.02. The number of anilines is 1. The van der Waals surface area contributed by atoms with E-state index in [2.05, 4.69) is 5.32 Å². The van der Waals surface area contributed by atoms with Crippen LogP contribution in [-0.4, -0.2) is 50.9 Å². The normalized spacial score (nSPS) is 12.1. The third-order valence-corrected chi connectivity index (χ3v) is 7.98. The molecule has 208 valence electrons. The van der Waals surface area contributed by atoms with Gasteiger partial charge in [-0.05, 0) is 75.4 Å². The average molecular weight is 576 g/mol. The van der Waals surface area contributed by atoms with Crippen molar-refractivity contribution < 1.29 is 27.1 Å². The molecule has 0 aromatic heterocycles. The van der Waals surface area contributed by atoms with Gasteiger partial charge in [-0.25, -0.2) is 12.8 Å². The first kappa shape index (κ1) is 29.9. The van der Waals surface area contributed by atoms with Crippen LogP contribution in [0, 0.1) is 5.82 Å². The fraction of sp³-hybridized carbons (Fsp3) is 0.286. The Morgan fingerprint density at radius 1 is 0.974 bits per heavy atom. The molecule has 0 aliphatic rings. The Bertz CT molecular complexity index is 1400. The fourth-order valence-corrected chi connectivity index (χ4v) is 5.35. The number of amides is 2. The SMILES string of the molecule is COc1ccc(S(=O)(=O)N(CC(=O)N(Cc2ccccc2F)C(C)C(=O)NC(C)C)c2ccc(Cl)cc2)cc1. The molecule has 11 heteroatoms. The first-order chi connectivity index (χ1) is 18.4. The smallest absolute Gasteiger partial charge is 0.264 e. The number of sulfonamides is 1. The Labute approximate surface area is 233 Å². The fourth-order valence-electron chi connectivity index (χ4n) is 3.81. The Kier molecular flexibility index (Phi) is 9.93. The van der Waals surface area contributed by atoms with Gasteiger partial charge in [0.25, 0.3) is 10.0 Å². The van der Waals surface area contributed by atoms with E-state index in [0.29, 0.717) is 10.8 Å². The minimum absolute atomic E-state index is 0.0719. The second-order valence-electron chi connectivity index (χ2n) is 9.12. The molecule has 0 bridgehead atoms. The van der Waals surface area contributed by atoms with Crippen LogP contribution in [0.4, 0.5) is 10.1 Å². The molecular formula is C28H31ClFN3O5S. The molecule has 0 heterocycles. The molecule has 0 aliphatic heterocycles. The number of benzene rings is 3. The van der Waals surface area contributed by atoms with E-state index in [1.165, 1.54) is 85.7 Å². The van der Waals surface area contributed by atoms with Gasteiger partial charge in [0, 0.05) is 23.2 Å². The van der Waals surface area contributed by atoms with Crippen LogP contribution in [0.1, 0.15) is 26.3 Å². The van der Waals surface area contributed by atoms with Gasteiger partial charge >= 0.3 is 0 Å². The number of nitrogens with zero attached hydrogens (tertiary/aromatic N) is 2.